The second-order valence-electron chi connectivity index (χ2n) is 4.66. The van der Waals surface area contributed by atoms with Crippen LogP contribution in [0.5, 0.6) is 0 Å². The number of aromatic nitrogens is 2. The van der Waals surface area contributed by atoms with Crippen molar-refractivity contribution in [3.05, 3.63) is 70.1 Å². The van der Waals surface area contributed by atoms with Crippen LogP contribution in [0, 0.1) is 0 Å². The fourth-order valence-electron chi connectivity index (χ4n) is 2.00. The highest BCUT2D eigenvalue weighted by Crippen LogP contribution is 2.15. The lowest BCUT2D eigenvalue weighted by Crippen LogP contribution is -2.23. The first-order chi connectivity index (χ1) is 10.2. The van der Waals surface area contributed by atoms with Gasteiger partial charge in [-0.2, -0.15) is 5.10 Å². The third-order valence-electron chi connectivity index (χ3n) is 3.09. The Hall–Kier alpha value is -2.07. The van der Waals surface area contributed by atoms with Gasteiger partial charge in [0.2, 0.25) is 0 Å². The molecule has 0 aliphatic heterocycles. The zero-order valence-electron chi connectivity index (χ0n) is 11.8. The number of allylic oxidation sites excluding steroid dienone is 1. The van der Waals surface area contributed by atoms with E-state index < -0.39 is 0 Å². The number of nitrogens with zero attached hydrogens (tertiary/aromatic N) is 2. The molecule has 0 amide bonds. The molecule has 2 aromatic rings. The van der Waals surface area contributed by atoms with Gasteiger partial charge in [-0.25, -0.2) is 4.68 Å². The average molecular weight is 304 g/mol. The molecule has 1 heterocycles. The van der Waals surface area contributed by atoms with Crippen LogP contribution in [0.15, 0.2) is 54.0 Å². The Balaban J connectivity index is 1.90. The number of halogens is 1. The van der Waals surface area contributed by atoms with Crippen molar-refractivity contribution in [1.29, 1.82) is 0 Å². The van der Waals surface area contributed by atoms with Gasteiger partial charge in [-0.15, -0.1) is 6.58 Å². The van der Waals surface area contributed by atoms with E-state index in [1.165, 1.54) is 10.2 Å². The highest BCUT2D eigenvalue weighted by atomic mass is 35.5. The summed E-state index contributed by atoms with van der Waals surface area (Å²) in [7, 11) is 0. The van der Waals surface area contributed by atoms with Gasteiger partial charge in [-0.05, 0) is 18.4 Å². The maximum absolute atomic E-state index is 11.9. The molecule has 0 bridgehead atoms. The third-order valence-corrected chi connectivity index (χ3v) is 3.45. The van der Waals surface area contributed by atoms with Gasteiger partial charge in [0.15, 0.2) is 0 Å². The van der Waals surface area contributed by atoms with Crippen LogP contribution in [0.4, 0.5) is 5.69 Å². The van der Waals surface area contributed by atoms with E-state index in [0.717, 1.165) is 19.4 Å². The van der Waals surface area contributed by atoms with Gasteiger partial charge >= 0.3 is 0 Å². The fourth-order valence-corrected chi connectivity index (χ4v) is 2.21. The molecule has 0 radical (unpaired) electrons. The maximum Gasteiger partial charge on any atom is 0.287 e. The molecular formula is C16H18ClN3O. The summed E-state index contributed by atoms with van der Waals surface area (Å²) in [6.45, 7) is 4.67. The normalized spacial score (nSPS) is 10.3. The van der Waals surface area contributed by atoms with Crippen molar-refractivity contribution in [3.8, 4) is 0 Å². The number of rotatable bonds is 7. The van der Waals surface area contributed by atoms with E-state index in [9.17, 15) is 4.79 Å². The van der Waals surface area contributed by atoms with Gasteiger partial charge in [0.05, 0.1) is 18.4 Å². The predicted octanol–water partition coefficient (Wildman–Crippen LogP) is 3.13. The summed E-state index contributed by atoms with van der Waals surface area (Å²) in [5.41, 5.74) is 1.57. The van der Waals surface area contributed by atoms with Crippen molar-refractivity contribution < 1.29 is 0 Å². The minimum absolute atomic E-state index is 0.173. The van der Waals surface area contributed by atoms with Crippen LogP contribution in [-0.4, -0.2) is 16.3 Å². The van der Waals surface area contributed by atoms with Gasteiger partial charge < -0.3 is 5.32 Å². The number of aryl methyl sites for hydroxylation is 1. The lowest BCUT2D eigenvalue weighted by molar-refractivity contribution is 0.652. The van der Waals surface area contributed by atoms with E-state index in [2.05, 4.69) is 29.1 Å². The second-order valence-corrected chi connectivity index (χ2v) is 5.04. The largest absolute Gasteiger partial charge is 0.382 e. The molecule has 2 rings (SSSR count). The van der Waals surface area contributed by atoms with Gasteiger partial charge in [-0.3, -0.25) is 4.79 Å². The SMILES string of the molecule is C=CCn1ncc(NCCCc2ccccc2)c(Cl)c1=O. The van der Waals surface area contributed by atoms with Crippen LogP contribution in [0.1, 0.15) is 12.0 Å². The Morgan fingerprint density at radius 2 is 2.10 bits per heavy atom. The lowest BCUT2D eigenvalue weighted by atomic mass is 10.1. The number of benzene rings is 1. The van der Waals surface area contributed by atoms with Gasteiger partial charge in [-0.1, -0.05) is 48.0 Å². The monoisotopic (exact) mass is 303 g/mol. The summed E-state index contributed by atoms with van der Waals surface area (Å²) in [4.78, 5) is 11.9. The van der Waals surface area contributed by atoms with Crippen molar-refractivity contribution in [3.63, 3.8) is 0 Å². The molecular weight excluding hydrogens is 286 g/mol. The Labute approximate surface area is 129 Å². The number of nitrogens with one attached hydrogen (secondary N) is 1. The molecule has 0 aliphatic carbocycles. The van der Waals surface area contributed by atoms with Crippen LogP contribution < -0.4 is 10.9 Å². The van der Waals surface area contributed by atoms with Gasteiger partial charge in [0.25, 0.3) is 5.56 Å². The standard InChI is InChI=1S/C16H18ClN3O/c1-2-11-20-16(21)15(17)14(12-19-20)18-10-6-9-13-7-4-3-5-8-13/h2-5,7-8,12,18H,1,6,9-11H2. The average Bonchev–Trinajstić information content (AvgIpc) is 2.51. The molecule has 110 valence electrons. The highest BCUT2D eigenvalue weighted by molar-refractivity contribution is 6.32. The molecule has 21 heavy (non-hydrogen) atoms. The predicted molar refractivity (Wildman–Crippen MR) is 87.0 cm³/mol. The first-order valence-corrected chi connectivity index (χ1v) is 7.24. The molecule has 4 nitrogen and oxygen atoms in total. The molecule has 1 N–H and O–H groups in total. The van der Waals surface area contributed by atoms with Crippen molar-refractivity contribution in [2.45, 2.75) is 19.4 Å². The van der Waals surface area contributed by atoms with Crippen molar-refractivity contribution >= 4 is 17.3 Å². The summed E-state index contributed by atoms with van der Waals surface area (Å²) in [5, 5.41) is 7.38. The van der Waals surface area contributed by atoms with Crippen LogP contribution in [0.2, 0.25) is 5.02 Å². The minimum atomic E-state index is -0.301. The van der Waals surface area contributed by atoms with Crippen molar-refractivity contribution in [1.82, 2.24) is 9.78 Å². The summed E-state index contributed by atoms with van der Waals surface area (Å²) in [5.74, 6) is 0. The molecule has 0 fully saturated rings. The molecule has 5 heteroatoms. The number of hydrogen-bond acceptors (Lipinski definition) is 3. The van der Waals surface area contributed by atoms with Crippen molar-refractivity contribution in [2.24, 2.45) is 0 Å². The molecule has 1 aromatic heterocycles. The van der Waals surface area contributed by atoms with E-state index in [4.69, 9.17) is 11.6 Å². The van der Waals surface area contributed by atoms with Gasteiger partial charge in [0.1, 0.15) is 5.02 Å². The Morgan fingerprint density at radius 3 is 2.81 bits per heavy atom. The maximum atomic E-state index is 11.9. The molecule has 1 aromatic carbocycles. The zero-order chi connectivity index (χ0) is 15.1. The van der Waals surface area contributed by atoms with Gasteiger partial charge in [0, 0.05) is 6.54 Å². The molecule has 0 saturated carbocycles. The number of hydrogen-bond donors (Lipinski definition) is 1. The lowest BCUT2D eigenvalue weighted by Gasteiger charge is -2.09. The topological polar surface area (TPSA) is 46.9 Å². The summed E-state index contributed by atoms with van der Waals surface area (Å²) in [6.07, 6.45) is 5.12. The van der Waals surface area contributed by atoms with Crippen LogP contribution in [0.3, 0.4) is 0 Å². The van der Waals surface area contributed by atoms with E-state index in [1.54, 1.807) is 12.3 Å². The van der Waals surface area contributed by atoms with Crippen LogP contribution >= 0.6 is 11.6 Å². The first-order valence-electron chi connectivity index (χ1n) is 6.86. The molecule has 0 spiro atoms. The number of anilines is 1. The quantitative estimate of drug-likeness (QED) is 0.631. The molecule has 0 saturated heterocycles. The highest BCUT2D eigenvalue weighted by Gasteiger charge is 2.07. The Bertz CT molecular complexity index is 652. The summed E-state index contributed by atoms with van der Waals surface area (Å²) in [6, 6.07) is 10.3. The smallest absolute Gasteiger partial charge is 0.287 e. The third kappa shape index (κ3) is 4.20. The Morgan fingerprint density at radius 1 is 1.33 bits per heavy atom. The summed E-state index contributed by atoms with van der Waals surface area (Å²) >= 11 is 6.06. The van der Waals surface area contributed by atoms with Crippen LogP contribution in [-0.2, 0) is 13.0 Å². The zero-order valence-corrected chi connectivity index (χ0v) is 12.5. The van der Waals surface area contributed by atoms with E-state index in [-0.39, 0.29) is 10.6 Å². The second kappa shape index (κ2) is 7.64. The van der Waals surface area contributed by atoms with E-state index in [1.807, 2.05) is 18.2 Å². The first kappa shape index (κ1) is 15.3. The molecule has 0 aliphatic rings. The van der Waals surface area contributed by atoms with Crippen LogP contribution in [0.25, 0.3) is 0 Å². The molecule has 0 atom stereocenters. The fraction of sp³-hybridized carbons (Fsp3) is 0.250. The summed E-state index contributed by atoms with van der Waals surface area (Å²) < 4.78 is 1.28. The van der Waals surface area contributed by atoms with E-state index >= 15 is 0 Å². The minimum Gasteiger partial charge on any atom is -0.382 e. The van der Waals surface area contributed by atoms with E-state index in [0.29, 0.717) is 12.2 Å². The van der Waals surface area contributed by atoms with Crippen molar-refractivity contribution in [2.75, 3.05) is 11.9 Å². The molecule has 0 unspecified atom stereocenters. The Kier molecular flexibility index (Phi) is 5.58.